The molecule has 3 saturated carbocycles. The summed E-state index contributed by atoms with van der Waals surface area (Å²) >= 11 is 7.50. The number of carbonyl (C=O) groups excluding carboxylic acids is 4. The van der Waals surface area contributed by atoms with E-state index in [0.717, 1.165) is 5.57 Å². The summed E-state index contributed by atoms with van der Waals surface area (Å²) < 4.78 is 11.1. The molecular weight excluding hydrogens is 484 g/mol. The third kappa shape index (κ3) is 3.64. The largest absolute Gasteiger partial charge is 0.458 e. The lowest BCUT2D eigenvalue weighted by Crippen LogP contribution is -2.70. The fourth-order valence-electron chi connectivity index (χ4n) is 8.00. The molecule has 7 nitrogen and oxygen atoms in total. The van der Waals surface area contributed by atoms with Crippen molar-refractivity contribution in [1.29, 1.82) is 0 Å². The molecule has 8 heteroatoms. The molecular formula is C28H37ClO7. The summed E-state index contributed by atoms with van der Waals surface area (Å²) in [6.45, 7) is 8.56. The van der Waals surface area contributed by atoms with Crippen molar-refractivity contribution in [2.24, 2.45) is 28.6 Å². The monoisotopic (exact) mass is 520 g/mol. The Balaban J connectivity index is 1.80. The standard InChI is InChI=1S/C28H37ClO7/c1-6-7-24(34)36-27(23(33)15-35-17(3)30)11-9-19-21-12-16(2)20-13-18(31)8-10-25(20,4)28(21,29)22(32)14-26(19,27)5/h8,10,13,16,19,21-22,32H,6-7,9,11-12,14-15H2,1-5H3/t16-,19-,21-,22-,25-,26-,27-,28-/m0/s1. The first-order valence-corrected chi connectivity index (χ1v) is 13.4. The molecule has 1 N–H and O–H groups in total. The van der Waals surface area contributed by atoms with Gasteiger partial charge in [-0.05, 0) is 62.0 Å². The fourth-order valence-corrected chi connectivity index (χ4v) is 8.49. The van der Waals surface area contributed by atoms with Crippen LogP contribution in [0.25, 0.3) is 0 Å². The number of hydrogen-bond acceptors (Lipinski definition) is 7. The van der Waals surface area contributed by atoms with E-state index in [4.69, 9.17) is 21.1 Å². The molecule has 4 rings (SSSR count). The van der Waals surface area contributed by atoms with Crippen LogP contribution in [-0.2, 0) is 28.7 Å². The summed E-state index contributed by atoms with van der Waals surface area (Å²) in [6.07, 6.45) is 6.35. The van der Waals surface area contributed by atoms with E-state index < -0.39 is 51.7 Å². The van der Waals surface area contributed by atoms with Crippen LogP contribution in [0.2, 0.25) is 0 Å². The molecule has 0 bridgehead atoms. The van der Waals surface area contributed by atoms with Gasteiger partial charge in [0.2, 0.25) is 5.78 Å². The highest BCUT2D eigenvalue weighted by Gasteiger charge is 2.75. The molecule has 0 unspecified atom stereocenters. The molecule has 36 heavy (non-hydrogen) atoms. The molecule has 198 valence electrons. The van der Waals surface area contributed by atoms with Crippen molar-refractivity contribution < 1.29 is 33.8 Å². The summed E-state index contributed by atoms with van der Waals surface area (Å²) in [4.78, 5) is 49.1. The van der Waals surface area contributed by atoms with E-state index in [9.17, 15) is 24.3 Å². The average Bonchev–Trinajstić information content (AvgIpc) is 3.08. The van der Waals surface area contributed by atoms with Gasteiger partial charge in [0.05, 0.1) is 11.0 Å². The molecule has 8 atom stereocenters. The second-order valence-electron chi connectivity index (χ2n) is 11.6. The molecule has 0 spiro atoms. The van der Waals surface area contributed by atoms with Crippen LogP contribution < -0.4 is 0 Å². The topological polar surface area (TPSA) is 107 Å². The Hall–Kier alpha value is -1.99. The lowest BCUT2D eigenvalue weighted by Gasteiger charge is -2.65. The SMILES string of the molecule is CCCC(=O)O[C@]1(C(=O)COC(C)=O)CC[C@H]2[C@@H]3C[C@H](C)C4=CC(=O)C=C[C@]4(C)[C@@]3(Cl)[C@@H](O)C[C@@]21C. The van der Waals surface area contributed by atoms with E-state index in [1.54, 1.807) is 6.08 Å². The molecule has 0 radical (unpaired) electrons. The third-order valence-electron chi connectivity index (χ3n) is 9.69. The van der Waals surface area contributed by atoms with E-state index >= 15 is 0 Å². The summed E-state index contributed by atoms with van der Waals surface area (Å²) in [5.41, 5.74) is -2.23. The summed E-state index contributed by atoms with van der Waals surface area (Å²) in [5.74, 6) is -1.88. The lowest BCUT2D eigenvalue weighted by molar-refractivity contribution is -0.199. The Bertz CT molecular complexity index is 1050. The minimum atomic E-state index is -1.52. The Morgan fingerprint density at radius 3 is 2.56 bits per heavy atom. The van der Waals surface area contributed by atoms with E-state index in [1.807, 2.05) is 26.8 Å². The lowest BCUT2D eigenvalue weighted by atomic mass is 9.44. The van der Waals surface area contributed by atoms with Gasteiger partial charge in [-0.2, -0.15) is 0 Å². The molecule has 0 aromatic carbocycles. The van der Waals surface area contributed by atoms with Crippen molar-refractivity contribution in [3.05, 3.63) is 23.8 Å². The number of esters is 2. The zero-order chi connectivity index (χ0) is 26.7. The van der Waals surface area contributed by atoms with Gasteiger partial charge in [0.1, 0.15) is 0 Å². The smallest absolute Gasteiger partial charge is 0.306 e. The molecule has 0 saturated heterocycles. The minimum absolute atomic E-state index is 0.0460. The number of Topliss-reactive ketones (excluding diaryl/α,β-unsaturated/α-hetero) is 1. The van der Waals surface area contributed by atoms with Gasteiger partial charge in [0, 0.05) is 24.2 Å². The number of rotatable bonds is 6. The fraction of sp³-hybridized carbons (Fsp3) is 0.714. The molecule has 0 heterocycles. The Kier molecular flexibility index (Phi) is 6.83. The van der Waals surface area contributed by atoms with Gasteiger partial charge in [0.25, 0.3) is 0 Å². The van der Waals surface area contributed by atoms with Crippen molar-refractivity contribution in [3.8, 4) is 0 Å². The zero-order valence-corrected chi connectivity index (χ0v) is 22.5. The highest BCUT2D eigenvalue weighted by Crippen LogP contribution is 2.71. The second kappa shape index (κ2) is 9.09. The predicted octanol–water partition coefficient (Wildman–Crippen LogP) is 4.09. The number of aliphatic hydroxyl groups excluding tert-OH is 1. The number of halogens is 1. The van der Waals surface area contributed by atoms with Crippen LogP contribution in [0.3, 0.4) is 0 Å². The van der Waals surface area contributed by atoms with Gasteiger partial charge in [-0.25, -0.2) is 0 Å². The highest BCUT2D eigenvalue weighted by atomic mass is 35.5. The Morgan fingerprint density at radius 1 is 1.22 bits per heavy atom. The van der Waals surface area contributed by atoms with Crippen LogP contribution >= 0.6 is 11.6 Å². The zero-order valence-electron chi connectivity index (χ0n) is 21.8. The number of ether oxygens (including phenoxy) is 2. The van der Waals surface area contributed by atoms with E-state index in [0.29, 0.717) is 19.3 Å². The van der Waals surface area contributed by atoms with Crippen molar-refractivity contribution >= 4 is 35.1 Å². The van der Waals surface area contributed by atoms with Crippen molar-refractivity contribution in [3.63, 3.8) is 0 Å². The number of fused-ring (bicyclic) bond motifs is 5. The van der Waals surface area contributed by atoms with Crippen LogP contribution in [0.5, 0.6) is 0 Å². The minimum Gasteiger partial charge on any atom is -0.458 e. The quantitative estimate of drug-likeness (QED) is 0.415. The first-order chi connectivity index (χ1) is 16.8. The van der Waals surface area contributed by atoms with Gasteiger partial charge in [-0.3, -0.25) is 19.2 Å². The summed E-state index contributed by atoms with van der Waals surface area (Å²) in [7, 11) is 0. The highest BCUT2D eigenvalue weighted by molar-refractivity contribution is 6.26. The first kappa shape index (κ1) is 27.1. The van der Waals surface area contributed by atoms with Gasteiger partial charge < -0.3 is 14.6 Å². The number of hydrogen-bond donors (Lipinski definition) is 1. The Morgan fingerprint density at radius 2 is 1.92 bits per heavy atom. The molecule has 0 aromatic rings. The summed E-state index contributed by atoms with van der Waals surface area (Å²) in [6, 6.07) is 0. The van der Waals surface area contributed by atoms with E-state index in [-0.39, 0.29) is 42.8 Å². The molecule has 0 aromatic heterocycles. The normalized spacial score (nSPS) is 43.1. The van der Waals surface area contributed by atoms with Gasteiger partial charge in [-0.15, -0.1) is 11.6 Å². The number of allylic oxidation sites excluding steroid dienone is 4. The van der Waals surface area contributed by atoms with Crippen molar-refractivity contribution in [1.82, 2.24) is 0 Å². The van der Waals surface area contributed by atoms with Crippen molar-refractivity contribution in [2.75, 3.05) is 6.61 Å². The number of carbonyl (C=O) groups is 4. The van der Waals surface area contributed by atoms with Crippen LogP contribution in [0, 0.1) is 28.6 Å². The Labute approximate surface area is 217 Å². The number of aliphatic hydroxyl groups is 1. The summed E-state index contributed by atoms with van der Waals surface area (Å²) in [5, 5.41) is 11.8. The van der Waals surface area contributed by atoms with Crippen LogP contribution in [0.15, 0.2) is 23.8 Å². The van der Waals surface area contributed by atoms with Crippen LogP contribution in [0.4, 0.5) is 0 Å². The molecule has 0 aliphatic heterocycles. The number of alkyl halides is 1. The second-order valence-corrected chi connectivity index (χ2v) is 12.2. The molecule has 3 fully saturated rings. The molecule has 4 aliphatic carbocycles. The predicted molar refractivity (Wildman–Crippen MR) is 133 cm³/mol. The van der Waals surface area contributed by atoms with Gasteiger partial charge in [-0.1, -0.05) is 39.3 Å². The third-order valence-corrected chi connectivity index (χ3v) is 10.6. The first-order valence-electron chi connectivity index (χ1n) is 13.0. The van der Waals surface area contributed by atoms with Gasteiger partial charge in [0.15, 0.2) is 18.0 Å². The maximum Gasteiger partial charge on any atom is 0.306 e. The van der Waals surface area contributed by atoms with Crippen LogP contribution in [0.1, 0.15) is 73.1 Å². The van der Waals surface area contributed by atoms with Crippen LogP contribution in [-0.4, -0.2) is 51.8 Å². The average molecular weight is 521 g/mol. The van der Waals surface area contributed by atoms with Crippen molar-refractivity contribution in [2.45, 2.75) is 89.7 Å². The van der Waals surface area contributed by atoms with E-state index in [2.05, 4.69) is 6.92 Å². The van der Waals surface area contributed by atoms with E-state index in [1.165, 1.54) is 13.0 Å². The maximum atomic E-state index is 13.7. The van der Waals surface area contributed by atoms with Gasteiger partial charge >= 0.3 is 11.9 Å². The maximum absolute atomic E-state index is 13.7. The number of ketones is 2. The molecule has 4 aliphatic rings. The molecule has 0 amide bonds.